The molecule has 1 aromatic carbocycles. The van der Waals surface area contributed by atoms with Crippen LogP contribution in [0.1, 0.15) is 29.9 Å². The molecule has 0 spiro atoms. The molecule has 0 saturated carbocycles. The number of fused-ring (bicyclic) bond motifs is 1. The zero-order chi connectivity index (χ0) is 25.2. The summed E-state index contributed by atoms with van der Waals surface area (Å²) in [6.45, 7) is 1.12. The van der Waals surface area contributed by atoms with Gasteiger partial charge in [-0.1, -0.05) is 6.07 Å². The number of alkyl halides is 2. The molecule has 3 N–H and O–H groups in total. The lowest BCUT2D eigenvalue weighted by molar-refractivity contribution is -0.0516. The van der Waals surface area contributed by atoms with Crippen LogP contribution in [-0.4, -0.2) is 48.3 Å². The van der Waals surface area contributed by atoms with Crippen molar-refractivity contribution < 1.29 is 32.2 Å². The van der Waals surface area contributed by atoms with Gasteiger partial charge in [-0.25, -0.2) is 4.39 Å². The smallest absolute Gasteiger partial charge is 0.387 e. The second-order valence-electron chi connectivity index (χ2n) is 8.48. The van der Waals surface area contributed by atoms with Gasteiger partial charge in [0, 0.05) is 37.5 Å². The van der Waals surface area contributed by atoms with Crippen LogP contribution in [0.5, 0.6) is 11.5 Å². The number of ether oxygens (including phenoxy) is 3. The van der Waals surface area contributed by atoms with E-state index in [4.69, 9.17) is 9.47 Å². The first kappa shape index (κ1) is 27.2. The molecule has 3 heterocycles. The Morgan fingerprint density at radius 1 is 1.25 bits per heavy atom. The molecule has 2 aromatic heterocycles. The maximum absolute atomic E-state index is 14.4. The van der Waals surface area contributed by atoms with Gasteiger partial charge >= 0.3 is 6.61 Å². The number of para-hydroxylation sites is 1. The topological polar surface area (TPSA) is 97.5 Å². The van der Waals surface area contributed by atoms with Crippen LogP contribution >= 0.6 is 12.4 Å². The number of halogens is 4. The highest BCUT2D eigenvalue weighted by atomic mass is 35.5. The number of nitrogens with one attached hydrogen (secondary N) is 3. The number of H-pyrrole nitrogens is 1. The average Bonchev–Trinajstić information content (AvgIpc) is 3.19. The largest absolute Gasteiger partial charge is 0.488 e. The first-order valence-corrected chi connectivity index (χ1v) is 10.9. The monoisotopic (exact) mass is 526 g/mol. The second kappa shape index (κ2) is 11.1. The molecule has 12 heteroatoms. The van der Waals surface area contributed by atoms with Gasteiger partial charge in [0.05, 0.1) is 34.4 Å². The number of carbonyl (C=O) groups is 1. The fraction of sp³-hybridized carbons (Fsp3) is 0.333. The molecule has 194 valence electrons. The summed E-state index contributed by atoms with van der Waals surface area (Å²) in [5.74, 6) is -1.59. The molecule has 3 aromatic rings. The van der Waals surface area contributed by atoms with E-state index in [1.54, 1.807) is 19.4 Å². The van der Waals surface area contributed by atoms with E-state index in [0.717, 1.165) is 6.07 Å². The molecule has 0 atom stereocenters. The zero-order valence-corrected chi connectivity index (χ0v) is 20.6. The number of pyridine rings is 1. The number of aromatic amines is 1. The zero-order valence-electron chi connectivity index (χ0n) is 19.8. The molecule has 0 bridgehead atoms. The number of anilines is 2. The van der Waals surface area contributed by atoms with Crippen LogP contribution in [0.25, 0.3) is 11.3 Å². The molecule has 1 amide bonds. The van der Waals surface area contributed by atoms with E-state index in [2.05, 4.69) is 25.3 Å². The molecule has 1 aliphatic rings. The fourth-order valence-corrected chi connectivity index (χ4v) is 3.67. The lowest BCUT2D eigenvalue weighted by Gasteiger charge is -2.23. The molecule has 0 fully saturated rings. The van der Waals surface area contributed by atoms with Gasteiger partial charge in [0.25, 0.3) is 5.91 Å². The Labute approximate surface area is 212 Å². The van der Waals surface area contributed by atoms with E-state index in [1.807, 2.05) is 13.8 Å². The molecular formula is C24H26ClF3N4O4. The van der Waals surface area contributed by atoms with Crippen molar-refractivity contribution in [3.8, 4) is 22.8 Å². The maximum atomic E-state index is 14.4. The molecule has 8 nitrogen and oxygen atoms in total. The molecule has 36 heavy (non-hydrogen) atoms. The molecule has 0 unspecified atom stereocenters. The Kier molecular flexibility index (Phi) is 8.36. The van der Waals surface area contributed by atoms with Gasteiger partial charge in [-0.15, -0.1) is 12.4 Å². The minimum atomic E-state index is -3.24. The van der Waals surface area contributed by atoms with Gasteiger partial charge in [0.1, 0.15) is 12.4 Å². The highest BCUT2D eigenvalue weighted by Crippen LogP contribution is 2.42. The predicted octanol–water partition coefficient (Wildman–Crippen LogP) is 5.07. The van der Waals surface area contributed by atoms with Crippen LogP contribution in [0, 0.1) is 5.82 Å². The summed E-state index contributed by atoms with van der Waals surface area (Å²) in [4.78, 5) is 20.2. The van der Waals surface area contributed by atoms with Gasteiger partial charge in [-0.05, 0) is 32.0 Å². The van der Waals surface area contributed by atoms with Gasteiger partial charge in [0.15, 0.2) is 11.6 Å². The number of benzene rings is 1. The van der Waals surface area contributed by atoms with Crippen LogP contribution in [0.4, 0.5) is 24.5 Å². The van der Waals surface area contributed by atoms with Gasteiger partial charge in [-0.2, -0.15) is 8.78 Å². The standard InChI is InChI=1S/C24H25F3N4O4.ClH/c1-24(2,33-3)12-34-17-11-28-9-7-13(17)19-20(18-15(30-19)8-10-29-22(18)32)31-16-6-4-5-14(25)21(16)35-23(26)27;/h4-7,9,11,23,30-31H,8,10,12H2,1-3H3,(H,29,32);1H. The minimum absolute atomic E-state index is 0. The molecule has 1 aliphatic heterocycles. The first-order chi connectivity index (χ1) is 16.7. The van der Waals surface area contributed by atoms with Crippen LogP contribution in [0.15, 0.2) is 36.7 Å². The summed E-state index contributed by atoms with van der Waals surface area (Å²) in [6.07, 6.45) is 3.59. The van der Waals surface area contributed by atoms with Crippen LogP contribution in [-0.2, 0) is 11.2 Å². The number of hydrogen-bond acceptors (Lipinski definition) is 6. The van der Waals surface area contributed by atoms with E-state index in [1.165, 1.54) is 18.3 Å². The van der Waals surface area contributed by atoms with Crippen LogP contribution in [0.3, 0.4) is 0 Å². The Hall–Kier alpha value is -3.44. The number of rotatable bonds is 9. The SMILES string of the molecule is COC(C)(C)COc1cnccc1-c1[nH]c2c(c1Nc1cccc(F)c1OC(F)F)C(=O)NCC2.Cl. The van der Waals surface area contributed by atoms with Crippen molar-refractivity contribution in [2.24, 2.45) is 0 Å². The number of aromatic nitrogens is 2. The van der Waals surface area contributed by atoms with E-state index in [9.17, 15) is 18.0 Å². The normalized spacial score (nSPS) is 13.0. The second-order valence-corrected chi connectivity index (χ2v) is 8.48. The molecule has 0 radical (unpaired) electrons. The van der Waals surface area contributed by atoms with E-state index in [0.29, 0.717) is 41.2 Å². The lowest BCUT2D eigenvalue weighted by Crippen LogP contribution is -2.31. The van der Waals surface area contributed by atoms with E-state index in [-0.39, 0.29) is 36.3 Å². The van der Waals surface area contributed by atoms with Gasteiger partial charge in [0.2, 0.25) is 0 Å². The fourth-order valence-electron chi connectivity index (χ4n) is 3.67. The first-order valence-electron chi connectivity index (χ1n) is 10.9. The third-order valence-corrected chi connectivity index (χ3v) is 5.58. The third-order valence-electron chi connectivity index (χ3n) is 5.58. The van der Waals surface area contributed by atoms with Crippen LogP contribution < -0.4 is 20.1 Å². The Balaban J connectivity index is 0.00000361. The van der Waals surface area contributed by atoms with E-state index < -0.39 is 23.8 Å². The quantitative estimate of drug-likeness (QED) is 0.360. The summed E-state index contributed by atoms with van der Waals surface area (Å²) in [6, 6.07) is 5.44. The van der Waals surface area contributed by atoms with Crippen molar-refractivity contribution in [2.45, 2.75) is 32.5 Å². The summed E-state index contributed by atoms with van der Waals surface area (Å²) in [5, 5.41) is 5.71. The number of methoxy groups -OCH3 is 1. The molecular weight excluding hydrogens is 501 g/mol. The maximum Gasteiger partial charge on any atom is 0.387 e. The van der Waals surface area contributed by atoms with Crippen molar-refractivity contribution in [1.82, 2.24) is 15.3 Å². The minimum Gasteiger partial charge on any atom is -0.488 e. The third kappa shape index (κ3) is 5.68. The van der Waals surface area contributed by atoms with Crippen LogP contribution in [0.2, 0.25) is 0 Å². The Morgan fingerprint density at radius 2 is 2.03 bits per heavy atom. The summed E-state index contributed by atoms with van der Waals surface area (Å²) >= 11 is 0. The highest BCUT2D eigenvalue weighted by molar-refractivity contribution is 6.06. The molecule has 0 aliphatic carbocycles. The Bertz CT molecular complexity index is 1240. The van der Waals surface area contributed by atoms with Crippen molar-refractivity contribution in [2.75, 3.05) is 25.6 Å². The number of hydrogen-bond donors (Lipinski definition) is 3. The predicted molar refractivity (Wildman–Crippen MR) is 130 cm³/mol. The summed E-state index contributed by atoms with van der Waals surface area (Å²) in [7, 11) is 1.57. The number of carbonyl (C=O) groups excluding carboxylic acids is 1. The number of amides is 1. The summed E-state index contributed by atoms with van der Waals surface area (Å²) in [5.41, 5.74) is 1.56. The number of nitrogens with zero attached hydrogens (tertiary/aromatic N) is 1. The Morgan fingerprint density at radius 3 is 2.75 bits per heavy atom. The average molecular weight is 527 g/mol. The highest BCUT2D eigenvalue weighted by Gasteiger charge is 2.29. The summed E-state index contributed by atoms with van der Waals surface area (Å²) < 4.78 is 56.2. The van der Waals surface area contributed by atoms with Gasteiger partial charge < -0.3 is 29.8 Å². The lowest BCUT2D eigenvalue weighted by atomic mass is 10.0. The van der Waals surface area contributed by atoms with Crippen molar-refractivity contribution in [1.29, 1.82) is 0 Å². The van der Waals surface area contributed by atoms with Crippen molar-refractivity contribution >= 4 is 29.7 Å². The van der Waals surface area contributed by atoms with Crippen molar-refractivity contribution in [3.05, 3.63) is 53.7 Å². The van der Waals surface area contributed by atoms with Crippen molar-refractivity contribution in [3.63, 3.8) is 0 Å². The molecule has 0 saturated heterocycles. The van der Waals surface area contributed by atoms with Gasteiger partial charge in [-0.3, -0.25) is 9.78 Å². The van der Waals surface area contributed by atoms with E-state index >= 15 is 0 Å². The molecule has 4 rings (SSSR count).